The fourth-order valence-corrected chi connectivity index (χ4v) is 4.19. The van der Waals surface area contributed by atoms with Gasteiger partial charge in [-0.25, -0.2) is 0 Å². The SMILES string of the molecule is CC(C)[C@@H](NC(=O)Cc1cccc([N+](=O)[O-])c1)C(=O)N1CCC(c2ccc(Cl)cc2)CC1. The summed E-state index contributed by atoms with van der Waals surface area (Å²) in [6.45, 7) is 5.07. The van der Waals surface area contributed by atoms with Crippen molar-refractivity contribution in [2.75, 3.05) is 13.1 Å². The van der Waals surface area contributed by atoms with E-state index >= 15 is 0 Å². The van der Waals surface area contributed by atoms with E-state index in [0.29, 0.717) is 29.6 Å². The van der Waals surface area contributed by atoms with E-state index in [0.717, 1.165) is 12.8 Å². The molecule has 1 aliphatic heterocycles. The van der Waals surface area contributed by atoms with Gasteiger partial charge in [0.1, 0.15) is 6.04 Å². The van der Waals surface area contributed by atoms with Gasteiger partial charge < -0.3 is 10.2 Å². The van der Waals surface area contributed by atoms with Gasteiger partial charge in [0.05, 0.1) is 11.3 Å². The van der Waals surface area contributed by atoms with E-state index in [1.807, 2.05) is 43.0 Å². The predicted molar refractivity (Wildman–Crippen MR) is 124 cm³/mol. The smallest absolute Gasteiger partial charge is 0.269 e. The van der Waals surface area contributed by atoms with Gasteiger partial charge in [-0.15, -0.1) is 0 Å². The number of piperidine rings is 1. The van der Waals surface area contributed by atoms with Crippen molar-refractivity contribution in [3.63, 3.8) is 0 Å². The van der Waals surface area contributed by atoms with E-state index in [1.165, 1.54) is 17.7 Å². The number of hydrogen-bond acceptors (Lipinski definition) is 4. The van der Waals surface area contributed by atoms with Crippen LogP contribution in [0, 0.1) is 16.0 Å². The lowest BCUT2D eigenvalue weighted by molar-refractivity contribution is -0.384. The molecule has 2 aromatic carbocycles. The first-order chi connectivity index (χ1) is 15.2. The van der Waals surface area contributed by atoms with Crippen LogP contribution >= 0.6 is 11.6 Å². The number of nitrogens with one attached hydrogen (secondary N) is 1. The van der Waals surface area contributed by atoms with Crippen molar-refractivity contribution < 1.29 is 14.5 Å². The number of nitro benzene ring substituents is 1. The average molecular weight is 458 g/mol. The Morgan fingerprint density at radius 1 is 1.16 bits per heavy atom. The second-order valence-electron chi connectivity index (χ2n) is 8.54. The lowest BCUT2D eigenvalue weighted by Gasteiger charge is -2.35. The first kappa shape index (κ1) is 23.7. The highest BCUT2D eigenvalue weighted by Gasteiger charge is 2.31. The van der Waals surface area contributed by atoms with Gasteiger partial charge in [-0.1, -0.05) is 49.7 Å². The van der Waals surface area contributed by atoms with Crippen LogP contribution in [0.25, 0.3) is 0 Å². The lowest BCUT2D eigenvalue weighted by atomic mass is 9.89. The number of benzene rings is 2. The Bertz CT molecular complexity index is 969. The van der Waals surface area contributed by atoms with E-state index in [4.69, 9.17) is 11.6 Å². The van der Waals surface area contributed by atoms with Gasteiger partial charge in [0, 0.05) is 30.2 Å². The number of nitrogens with zero attached hydrogens (tertiary/aromatic N) is 2. The third kappa shape index (κ3) is 6.07. The number of carbonyl (C=O) groups is 2. The van der Waals surface area contributed by atoms with Crippen molar-refractivity contribution in [3.05, 3.63) is 74.8 Å². The molecular weight excluding hydrogens is 430 g/mol. The molecule has 32 heavy (non-hydrogen) atoms. The second kappa shape index (κ2) is 10.6. The number of carbonyl (C=O) groups excluding carboxylic acids is 2. The Morgan fingerprint density at radius 2 is 1.81 bits per heavy atom. The minimum Gasteiger partial charge on any atom is -0.344 e. The summed E-state index contributed by atoms with van der Waals surface area (Å²) in [5.41, 5.74) is 1.71. The van der Waals surface area contributed by atoms with Crippen LogP contribution in [0.3, 0.4) is 0 Å². The van der Waals surface area contributed by atoms with Gasteiger partial charge in [-0.2, -0.15) is 0 Å². The Morgan fingerprint density at radius 3 is 2.41 bits per heavy atom. The molecule has 2 aromatic rings. The summed E-state index contributed by atoms with van der Waals surface area (Å²) < 4.78 is 0. The van der Waals surface area contributed by atoms with Crippen LogP contribution in [0.2, 0.25) is 5.02 Å². The quantitative estimate of drug-likeness (QED) is 0.494. The molecule has 1 saturated heterocycles. The zero-order chi connectivity index (χ0) is 23.3. The summed E-state index contributed by atoms with van der Waals surface area (Å²) in [7, 11) is 0. The summed E-state index contributed by atoms with van der Waals surface area (Å²) in [6, 6.07) is 13.2. The zero-order valence-corrected chi connectivity index (χ0v) is 19.0. The first-order valence-electron chi connectivity index (χ1n) is 10.8. The van der Waals surface area contributed by atoms with Gasteiger partial charge in [-0.05, 0) is 47.9 Å². The molecule has 0 aromatic heterocycles. The zero-order valence-electron chi connectivity index (χ0n) is 18.3. The molecule has 3 rings (SSSR count). The maximum Gasteiger partial charge on any atom is 0.269 e. The molecule has 170 valence electrons. The van der Waals surface area contributed by atoms with E-state index in [1.54, 1.807) is 12.1 Å². The molecule has 0 saturated carbocycles. The number of likely N-dealkylation sites (tertiary alicyclic amines) is 1. The largest absolute Gasteiger partial charge is 0.344 e. The Hall–Kier alpha value is -2.93. The minimum atomic E-state index is -0.631. The summed E-state index contributed by atoms with van der Waals surface area (Å²) in [5.74, 6) is -0.0987. The van der Waals surface area contributed by atoms with E-state index in [-0.39, 0.29) is 29.8 Å². The van der Waals surface area contributed by atoms with E-state index < -0.39 is 11.0 Å². The summed E-state index contributed by atoms with van der Waals surface area (Å²) >= 11 is 5.98. The molecule has 1 N–H and O–H groups in total. The topological polar surface area (TPSA) is 92.5 Å². The highest BCUT2D eigenvalue weighted by atomic mass is 35.5. The molecule has 7 nitrogen and oxygen atoms in total. The molecule has 8 heteroatoms. The van der Waals surface area contributed by atoms with Gasteiger partial charge >= 0.3 is 0 Å². The van der Waals surface area contributed by atoms with Gasteiger partial charge in [0.15, 0.2) is 0 Å². The fraction of sp³-hybridized carbons (Fsp3) is 0.417. The number of halogens is 1. The minimum absolute atomic E-state index is 0.0170. The number of non-ortho nitro benzene ring substituents is 1. The highest BCUT2D eigenvalue weighted by Crippen LogP contribution is 2.29. The molecule has 0 unspecified atom stereocenters. The van der Waals surface area contributed by atoms with Crippen molar-refractivity contribution in [1.82, 2.24) is 10.2 Å². The van der Waals surface area contributed by atoms with Gasteiger partial charge in [0.25, 0.3) is 5.69 Å². The average Bonchev–Trinajstić information content (AvgIpc) is 2.77. The first-order valence-corrected chi connectivity index (χ1v) is 11.2. The lowest BCUT2D eigenvalue weighted by Crippen LogP contribution is -2.53. The summed E-state index contributed by atoms with van der Waals surface area (Å²) in [4.78, 5) is 38.0. The molecule has 1 heterocycles. The van der Waals surface area contributed by atoms with E-state index in [9.17, 15) is 19.7 Å². The molecule has 2 amide bonds. The molecule has 1 atom stereocenters. The van der Waals surface area contributed by atoms with Crippen LogP contribution in [0.4, 0.5) is 5.69 Å². The van der Waals surface area contributed by atoms with Crippen LogP contribution in [0.5, 0.6) is 0 Å². The van der Waals surface area contributed by atoms with Crippen LogP contribution in [0.15, 0.2) is 48.5 Å². The van der Waals surface area contributed by atoms with Crippen LogP contribution < -0.4 is 5.32 Å². The number of hydrogen-bond donors (Lipinski definition) is 1. The number of amides is 2. The van der Waals surface area contributed by atoms with Gasteiger partial charge in [-0.3, -0.25) is 19.7 Å². The second-order valence-corrected chi connectivity index (χ2v) is 8.98. The Kier molecular flexibility index (Phi) is 7.85. The predicted octanol–water partition coefficient (Wildman–Crippen LogP) is 4.34. The third-order valence-electron chi connectivity index (χ3n) is 5.88. The van der Waals surface area contributed by atoms with Crippen molar-refractivity contribution in [2.45, 2.75) is 45.1 Å². The Labute approximate surface area is 192 Å². The van der Waals surface area contributed by atoms with Crippen LogP contribution in [-0.2, 0) is 16.0 Å². The standard InChI is InChI=1S/C24H28ClN3O4/c1-16(2)23(26-22(29)15-17-4-3-5-21(14-17)28(31)32)24(30)27-12-10-19(11-13-27)18-6-8-20(25)9-7-18/h3-9,14,16,19,23H,10-13,15H2,1-2H3,(H,26,29)/t23-/m1/s1. The normalized spacial score (nSPS) is 15.4. The fourth-order valence-electron chi connectivity index (χ4n) is 4.07. The molecule has 1 aliphatic rings. The van der Waals surface area contributed by atoms with Crippen molar-refractivity contribution in [2.24, 2.45) is 5.92 Å². The van der Waals surface area contributed by atoms with Crippen LogP contribution in [-0.4, -0.2) is 40.8 Å². The highest BCUT2D eigenvalue weighted by molar-refractivity contribution is 6.30. The molecule has 0 aliphatic carbocycles. The number of rotatable bonds is 7. The third-order valence-corrected chi connectivity index (χ3v) is 6.14. The molecule has 0 radical (unpaired) electrons. The van der Waals surface area contributed by atoms with Crippen LogP contribution in [0.1, 0.15) is 43.7 Å². The maximum absolute atomic E-state index is 13.2. The number of nitro groups is 1. The van der Waals surface area contributed by atoms with Gasteiger partial charge in [0.2, 0.25) is 11.8 Å². The molecular formula is C24H28ClN3O4. The maximum atomic E-state index is 13.2. The van der Waals surface area contributed by atoms with Crippen molar-refractivity contribution in [1.29, 1.82) is 0 Å². The van der Waals surface area contributed by atoms with Crippen molar-refractivity contribution in [3.8, 4) is 0 Å². The summed E-state index contributed by atoms with van der Waals surface area (Å²) in [5, 5.41) is 14.5. The van der Waals surface area contributed by atoms with E-state index in [2.05, 4.69) is 5.32 Å². The Balaban J connectivity index is 1.58. The monoisotopic (exact) mass is 457 g/mol. The van der Waals surface area contributed by atoms with Crippen molar-refractivity contribution >= 4 is 29.1 Å². The molecule has 1 fully saturated rings. The summed E-state index contributed by atoms with van der Waals surface area (Å²) in [6.07, 6.45) is 1.70. The molecule has 0 spiro atoms. The molecule has 0 bridgehead atoms.